The number of carbonyl (C=O) groups excluding carboxylic acids is 2. The summed E-state index contributed by atoms with van der Waals surface area (Å²) in [6.07, 6.45) is 0. The van der Waals surface area contributed by atoms with Crippen LogP contribution in [0.5, 0.6) is 17.2 Å². The van der Waals surface area contributed by atoms with Gasteiger partial charge in [0.05, 0.1) is 0 Å². The second kappa shape index (κ2) is 9.78. The van der Waals surface area contributed by atoms with Crippen molar-refractivity contribution in [2.75, 3.05) is 18.5 Å². The van der Waals surface area contributed by atoms with Gasteiger partial charge in [-0.3, -0.25) is 4.79 Å². The van der Waals surface area contributed by atoms with Crippen LogP contribution in [0.4, 0.5) is 5.69 Å². The molecule has 0 spiro atoms. The van der Waals surface area contributed by atoms with Crippen LogP contribution in [0.15, 0.2) is 84.9 Å². The minimum absolute atomic E-state index is 0.261. The molecule has 3 rings (SSSR count). The molecule has 3 aromatic carbocycles. The van der Waals surface area contributed by atoms with E-state index < -0.39 is 11.9 Å². The molecule has 0 heterocycles. The lowest BCUT2D eigenvalue weighted by Crippen LogP contribution is -2.23. The lowest BCUT2D eigenvalue weighted by atomic mass is 10.3. The van der Waals surface area contributed by atoms with Crippen LogP contribution >= 0.6 is 0 Å². The Bertz CT molecular complexity index is 895. The molecule has 0 saturated carbocycles. The van der Waals surface area contributed by atoms with E-state index in [1.165, 1.54) is 0 Å². The van der Waals surface area contributed by atoms with Crippen LogP contribution in [0.1, 0.15) is 0 Å². The molecule has 6 heteroatoms. The summed E-state index contributed by atoms with van der Waals surface area (Å²) < 4.78 is 15.8. The largest absolute Gasteiger partial charge is 0.482 e. The Morgan fingerprint density at radius 1 is 0.679 bits per heavy atom. The average Bonchev–Trinajstić information content (AvgIpc) is 2.74. The van der Waals surface area contributed by atoms with Gasteiger partial charge in [0.25, 0.3) is 5.91 Å². The Hall–Kier alpha value is -3.80. The predicted octanol–water partition coefficient (Wildman–Crippen LogP) is 4.04. The van der Waals surface area contributed by atoms with E-state index >= 15 is 0 Å². The Morgan fingerprint density at radius 2 is 1.25 bits per heavy atom. The van der Waals surface area contributed by atoms with Gasteiger partial charge < -0.3 is 19.5 Å². The molecular formula is C22H19NO5. The second-order valence-electron chi connectivity index (χ2n) is 5.75. The van der Waals surface area contributed by atoms with Crippen molar-refractivity contribution in [1.29, 1.82) is 0 Å². The molecule has 3 aromatic rings. The lowest BCUT2D eigenvalue weighted by Gasteiger charge is -2.09. The van der Waals surface area contributed by atoms with Gasteiger partial charge in [-0.25, -0.2) is 4.79 Å². The summed E-state index contributed by atoms with van der Waals surface area (Å²) in [5, 5.41) is 2.65. The summed E-state index contributed by atoms with van der Waals surface area (Å²) in [6.45, 7) is -0.651. The van der Waals surface area contributed by atoms with E-state index in [4.69, 9.17) is 14.2 Å². The fraction of sp³-hybridized carbons (Fsp3) is 0.0909. The number of anilines is 1. The number of rotatable bonds is 8. The van der Waals surface area contributed by atoms with Crippen LogP contribution in [0.3, 0.4) is 0 Å². The third kappa shape index (κ3) is 6.17. The standard InChI is InChI=1S/C22H19NO5/c24-21(15-27-22(25)16-26-18-7-3-1-4-8-18)23-17-11-13-20(14-12-17)28-19-9-5-2-6-10-19/h1-14H,15-16H2,(H,23,24). The van der Waals surface area contributed by atoms with Gasteiger partial charge in [-0.15, -0.1) is 0 Å². The maximum Gasteiger partial charge on any atom is 0.344 e. The fourth-order valence-electron chi connectivity index (χ4n) is 2.27. The van der Waals surface area contributed by atoms with E-state index in [1.807, 2.05) is 36.4 Å². The summed E-state index contributed by atoms with van der Waals surface area (Å²) in [5.41, 5.74) is 0.571. The summed E-state index contributed by atoms with van der Waals surface area (Å²) in [7, 11) is 0. The molecule has 0 aliphatic heterocycles. The van der Waals surface area contributed by atoms with E-state index in [-0.39, 0.29) is 13.2 Å². The molecule has 0 aromatic heterocycles. The highest BCUT2D eigenvalue weighted by atomic mass is 16.6. The molecule has 6 nitrogen and oxygen atoms in total. The maximum atomic E-state index is 11.9. The van der Waals surface area contributed by atoms with Crippen LogP contribution < -0.4 is 14.8 Å². The van der Waals surface area contributed by atoms with Gasteiger partial charge in [-0.2, -0.15) is 0 Å². The van der Waals surface area contributed by atoms with E-state index in [0.29, 0.717) is 17.2 Å². The Balaban J connectivity index is 1.40. The SMILES string of the molecule is O=C(COC(=O)COc1ccccc1)Nc1ccc(Oc2ccccc2)cc1. The lowest BCUT2D eigenvalue weighted by molar-refractivity contribution is -0.149. The van der Waals surface area contributed by atoms with Crippen LogP contribution in [0, 0.1) is 0 Å². The highest BCUT2D eigenvalue weighted by molar-refractivity contribution is 5.92. The Morgan fingerprint density at radius 3 is 1.89 bits per heavy atom. The number of hydrogen-bond donors (Lipinski definition) is 1. The summed E-state index contributed by atoms with van der Waals surface area (Å²) in [4.78, 5) is 23.6. The molecule has 0 atom stereocenters. The molecular weight excluding hydrogens is 358 g/mol. The van der Waals surface area contributed by atoms with E-state index in [2.05, 4.69) is 5.32 Å². The van der Waals surface area contributed by atoms with Crippen molar-refractivity contribution in [2.24, 2.45) is 0 Å². The third-order valence-electron chi connectivity index (χ3n) is 3.58. The van der Waals surface area contributed by atoms with E-state index in [1.54, 1.807) is 48.5 Å². The average molecular weight is 377 g/mol. The third-order valence-corrected chi connectivity index (χ3v) is 3.58. The zero-order valence-electron chi connectivity index (χ0n) is 15.0. The van der Waals surface area contributed by atoms with Crippen molar-refractivity contribution in [3.63, 3.8) is 0 Å². The topological polar surface area (TPSA) is 73.9 Å². The number of carbonyl (C=O) groups is 2. The van der Waals surface area contributed by atoms with Gasteiger partial charge >= 0.3 is 5.97 Å². The molecule has 0 fully saturated rings. The molecule has 0 aliphatic rings. The van der Waals surface area contributed by atoms with Crippen LogP contribution in [0.25, 0.3) is 0 Å². The van der Waals surface area contributed by atoms with Gasteiger partial charge in [-0.1, -0.05) is 36.4 Å². The van der Waals surface area contributed by atoms with Crippen LogP contribution in [-0.4, -0.2) is 25.1 Å². The maximum absolute atomic E-state index is 11.9. The minimum atomic E-state index is -0.620. The first kappa shape index (κ1) is 19.0. The van der Waals surface area contributed by atoms with Crippen molar-refractivity contribution in [1.82, 2.24) is 0 Å². The summed E-state index contributed by atoms with van der Waals surface area (Å²) >= 11 is 0. The van der Waals surface area contributed by atoms with Gasteiger partial charge in [0.15, 0.2) is 13.2 Å². The normalized spacial score (nSPS) is 10.0. The second-order valence-corrected chi connectivity index (χ2v) is 5.75. The molecule has 1 N–H and O–H groups in total. The minimum Gasteiger partial charge on any atom is -0.482 e. The van der Waals surface area contributed by atoms with E-state index in [9.17, 15) is 9.59 Å². The number of nitrogens with one attached hydrogen (secondary N) is 1. The van der Waals surface area contributed by atoms with Gasteiger partial charge in [-0.05, 0) is 48.5 Å². The van der Waals surface area contributed by atoms with Crippen molar-refractivity contribution in [3.8, 4) is 17.2 Å². The first-order valence-electron chi connectivity index (χ1n) is 8.65. The summed E-state index contributed by atoms with van der Waals surface area (Å²) in [5.74, 6) is 0.870. The fourth-order valence-corrected chi connectivity index (χ4v) is 2.27. The van der Waals surface area contributed by atoms with Crippen molar-refractivity contribution in [2.45, 2.75) is 0 Å². The number of benzene rings is 3. The molecule has 0 radical (unpaired) electrons. The Kier molecular flexibility index (Phi) is 6.62. The quantitative estimate of drug-likeness (QED) is 0.600. The number of para-hydroxylation sites is 2. The van der Waals surface area contributed by atoms with Crippen LogP contribution in [-0.2, 0) is 14.3 Å². The monoisotopic (exact) mass is 377 g/mol. The molecule has 0 saturated heterocycles. The molecule has 0 unspecified atom stereocenters. The van der Waals surface area contributed by atoms with E-state index in [0.717, 1.165) is 5.75 Å². The smallest absolute Gasteiger partial charge is 0.344 e. The van der Waals surface area contributed by atoms with Crippen molar-refractivity contribution < 1.29 is 23.8 Å². The highest BCUT2D eigenvalue weighted by Crippen LogP contribution is 2.22. The van der Waals surface area contributed by atoms with Crippen molar-refractivity contribution in [3.05, 3.63) is 84.9 Å². The van der Waals surface area contributed by atoms with Crippen molar-refractivity contribution >= 4 is 17.6 Å². The predicted molar refractivity (Wildman–Crippen MR) is 104 cm³/mol. The zero-order chi connectivity index (χ0) is 19.6. The molecule has 0 aliphatic carbocycles. The summed E-state index contributed by atoms with van der Waals surface area (Å²) in [6, 6.07) is 25.2. The van der Waals surface area contributed by atoms with Gasteiger partial charge in [0.1, 0.15) is 17.2 Å². The first-order chi connectivity index (χ1) is 13.7. The highest BCUT2D eigenvalue weighted by Gasteiger charge is 2.09. The molecule has 142 valence electrons. The number of amides is 1. The molecule has 1 amide bonds. The number of esters is 1. The zero-order valence-corrected chi connectivity index (χ0v) is 15.0. The van der Waals surface area contributed by atoms with Gasteiger partial charge in [0, 0.05) is 5.69 Å². The molecule has 28 heavy (non-hydrogen) atoms. The number of hydrogen-bond acceptors (Lipinski definition) is 5. The van der Waals surface area contributed by atoms with Gasteiger partial charge in [0.2, 0.25) is 0 Å². The number of ether oxygens (including phenoxy) is 3. The Labute approximate surface area is 162 Å². The molecule has 0 bridgehead atoms. The van der Waals surface area contributed by atoms with Crippen LogP contribution in [0.2, 0.25) is 0 Å². The first-order valence-corrected chi connectivity index (χ1v) is 8.65.